The zero-order chi connectivity index (χ0) is 14.9. The highest BCUT2D eigenvalue weighted by molar-refractivity contribution is 7.17. The molecule has 1 N–H and O–H groups in total. The molecule has 3 rings (SSSR count). The molecule has 2 aromatic heterocycles. The van der Waals surface area contributed by atoms with E-state index in [0.717, 1.165) is 18.8 Å². The van der Waals surface area contributed by atoms with E-state index in [0.29, 0.717) is 0 Å². The van der Waals surface area contributed by atoms with Crippen molar-refractivity contribution < 1.29 is 0 Å². The highest BCUT2D eigenvalue weighted by atomic mass is 32.1. The van der Waals surface area contributed by atoms with E-state index in [2.05, 4.69) is 73.1 Å². The lowest BCUT2D eigenvalue weighted by Gasteiger charge is -2.19. The van der Waals surface area contributed by atoms with Gasteiger partial charge in [0.2, 0.25) is 0 Å². The molecule has 1 aromatic carbocycles. The van der Waals surface area contributed by atoms with Crippen LogP contribution in [0.5, 0.6) is 0 Å². The molecule has 0 radical (unpaired) electrons. The summed E-state index contributed by atoms with van der Waals surface area (Å²) in [5.41, 5.74) is 2.55. The number of rotatable bonds is 4. The summed E-state index contributed by atoms with van der Waals surface area (Å²) in [7, 11) is 0. The Balaban J connectivity index is 1.72. The monoisotopic (exact) mass is 299 g/mol. The first-order valence-corrected chi connectivity index (χ1v) is 8.12. The van der Waals surface area contributed by atoms with Gasteiger partial charge in [0.15, 0.2) is 0 Å². The molecule has 0 atom stereocenters. The topological polar surface area (TPSA) is 29.9 Å². The third-order valence-corrected chi connectivity index (χ3v) is 4.40. The Morgan fingerprint density at radius 2 is 2.00 bits per heavy atom. The summed E-state index contributed by atoms with van der Waals surface area (Å²) < 4.78 is 3.36. The van der Waals surface area contributed by atoms with E-state index in [1.54, 1.807) is 11.3 Å². The normalized spacial score (nSPS) is 12.1. The van der Waals surface area contributed by atoms with Gasteiger partial charge in [0.1, 0.15) is 0 Å². The summed E-state index contributed by atoms with van der Waals surface area (Å²) in [5.74, 6) is 0. The summed E-state index contributed by atoms with van der Waals surface area (Å²) >= 11 is 1.80. The minimum atomic E-state index is 0.118. The maximum absolute atomic E-state index is 4.65. The molecule has 0 aliphatic rings. The molecular weight excluding hydrogens is 278 g/mol. The fourth-order valence-corrected chi connectivity index (χ4v) is 3.23. The Labute approximate surface area is 129 Å². The van der Waals surface area contributed by atoms with Crippen molar-refractivity contribution in [3.8, 4) is 0 Å². The smallest absolute Gasteiger partial charge is 0.0762 e. The first-order valence-electron chi connectivity index (χ1n) is 7.24. The number of thiophene rings is 1. The standard InChI is InChI=1S/C17H21N3S/c1-17(2,3)18-10-14-8-9-20(19-14)11-13-12-21-16-7-5-4-6-15(13)16/h4-9,12,18H,10-11H2,1-3H3. The molecule has 110 valence electrons. The fraction of sp³-hybridized carbons (Fsp3) is 0.353. The van der Waals surface area contributed by atoms with Crippen LogP contribution in [0, 0.1) is 0 Å². The predicted octanol–water partition coefficient (Wildman–Crippen LogP) is 4.03. The molecule has 0 aliphatic heterocycles. The summed E-state index contributed by atoms with van der Waals surface area (Å²) in [6.45, 7) is 8.14. The average Bonchev–Trinajstić information content (AvgIpc) is 3.04. The number of aromatic nitrogens is 2. The lowest BCUT2D eigenvalue weighted by atomic mass is 10.1. The second-order valence-corrected chi connectivity index (χ2v) is 7.28. The van der Waals surface area contributed by atoms with Gasteiger partial charge in [-0.2, -0.15) is 5.10 Å². The van der Waals surface area contributed by atoms with E-state index >= 15 is 0 Å². The van der Waals surface area contributed by atoms with Gasteiger partial charge in [0.25, 0.3) is 0 Å². The van der Waals surface area contributed by atoms with Crippen molar-refractivity contribution in [3.05, 3.63) is 53.2 Å². The zero-order valence-corrected chi connectivity index (χ0v) is 13.6. The lowest BCUT2D eigenvalue weighted by molar-refractivity contribution is 0.419. The van der Waals surface area contributed by atoms with Gasteiger partial charge in [-0.05, 0) is 49.2 Å². The van der Waals surface area contributed by atoms with E-state index in [4.69, 9.17) is 0 Å². The average molecular weight is 299 g/mol. The van der Waals surface area contributed by atoms with Crippen LogP contribution in [0.25, 0.3) is 10.1 Å². The van der Waals surface area contributed by atoms with Gasteiger partial charge in [-0.15, -0.1) is 11.3 Å². The Hall–Kier alpha value is -1.65. The molecule has 0 amide bonds. The number of nitrogens with zero attached hydrogens (tertiary/aromatic N) is 2. The van der Waals surface area contributed by atoms with Crippen molar-refractivity contribution in [2.24, 2.45) is 0 Å². The Morgan fingerprint density at radius 1 is 1.19 bits per heavy atom. The van der Waals surface area contributed by atoms with E-state index in [1.807, 2.05) is 4.68 Å². The van der Waals surface area contributed by atoms with Crippen LogP contribution in [0.2, 0.25) is 0 Å². The molecule has 21 heavy (non-hydrogen) atoms. The van der Waals surface area contributed by atoms with E-state index in [1.165, 1.54) is 15.6 Å². The molecule has 0 saturated carbocycles. The van der Waals surface area contributed by atoms with Crippen molar-refractivity contribution in [2.45, 2.75) is 39.4 Å². The first kappa shape index (κ1) is 14.3. The van der Waals surface area contributed by atoms with Gasteiger partial charge in [0.05, 0.1) is 12.2 Å². The van der Waals surface area contributed by atoms with Crippen molar-refractivity contribution in [3.63, 3.8) is 0 Å². The van der Waals surface area contributed by atoms with Gasteiger partial charge >= 0.3 is 0 Å². The van der Waals surface area contributed by atoms with Crippen LogP contribution in [0.1, 0.15) is 32.0 Å². The van der Waals surface area contributed by atoms with Gasteiger partial charge in [-0.3, -0.25) is 4.68 Å². The number of benzene rings is 1. The lowest BCUT2D eigenvalue weighted by Crippen LogP contribution is -2.35. The molecule has 0 fully saturated rings. The van der Waals surface area contributed by atoms with E-state index in [9.17, 15) is 0 Å². The highest BCUT2D eigenvalue weighted by Crippen LogP contribution is 2.26. The Bertz CT molecular complexity index is 734. The van der Waals surface area contributed by atoms with Crippen molar-refractivity contribution >= 4 is 21.4 Å². The maximum atomic E-state index is 4.65. The number of nitrogens with one attached hydrogen (secondary N) is 1. The highest BCUT2D eigenvalue weighted by Gasteiger charge is 2.10. The largest absolute Gasteiger partial charge is 0.306 e. The fourth-order valence-electron chi connectivity index (χ4n) is 2.27. The SMILES string of the molecule is CC(C)(C)NCc1ccn(Cc2csc3ccccc23)n1. The number of hydrogen-bond acceptors (Lipinski definition) is 3. The third-order valence-electron chi connectivity index (χ3n) is 3.39. The van der Waals surface area contributed by atoms with E-state index < -0.39 is 0 Å². The molecule has 0 aliphatic carbocycles. The second-order valence-electron chi connectivity index (χ2n) is 6.37. The van der Waals surface area contributed by atoms with Crippen LogP contribution in [0.3, 0.4) is 0 Å². The molecule has 2 heterocycles. The van der Waals surface area contributed by atoms with E-state index in [-0.39, 0.29) is 5.54 Å². The van der Waals surface area contributed by atoms with Crippen molar-refractivity contribution in [2.75, 3.05) is 0 Å². The quantitative estimate of drug-likeness (QED) is 0.788. The molecular formula is C17H21N3S. The van der Waals surface area contributed by atoms with Gasteiger partial charge in [-0.25, -0.2) is 0 Å². The van der Waals surface area contributed by atoms with Crippen LogP contribution < -0.4 is 5.32 Å². The van der Waals surface area contributed by atoms with Crippen LogP contribution in [-0.4, -0.2) is 15.3 Å². The van der Waals surface area contributed by atoms with Gasteiger partial charge < -0.3 is 5.32 Å². The van der Waals surface area contributed by atoms with Crippen molar-refractivity contribution in [1.82, 2.24) is 15.1 Å². The van der Waals surface area contributed by atoms with Crippen molar-refractivity contribution in [1.29, 1.82) is 0 Å². The minimum absolute atomic E-state index is 0.118. The summed E-state index contributed by atoms with van der Waals surface area (Å²) in [5, 5.41) is 11.7. The minimum Gasteiger partial charge on any atom is -0.306 e. The molecule has 3 nitrogen and oxygen atoms in total. The Morgan fingerprint density at radius 3 is 2.81 bits per heavy atom. The molecule has 0 spiro atoms. The van der Waals surface area contributed by atoms with Crippen LogP contribution in [-0.2, 0) is 13.1 Å². The van der Waals surface area contributed by atoms with Crippen LogP contribution in [0.4, 0.5) is 0 Å². The summed E-state index contributed by atoms with van der Waals surface area (Å²) in [4.78, 5) is 0. The molecule has 0 saturated heterocycles. The van der Waals surface area contributed by atoms with Gasteiger partial charge in [0, 0.05) is 23.0 Å². The summed E-state index contributed by atoms with van der Waals surface area (Å²) in [6, 6.07) is 10.6. The second kappa shape index (κ2) is 5.62. The molecule has 0 bridgehead atoms. The molecule has 3 aromatic rings. The maximum Gasteiger partial charge on any atom is 0.0762 e. The number of hydrogen-bond donors (Lipinski definition) is 1. The molecule has 4 heteroatoms. The Kier molecular flexibility index (Phi) is 3.83. The zero-order valence-electron chi connectivity index (χ0n) is 12.8. The van der Waals surface area contributed by atoms with Crippen LogP contribution in [0.15, 0.2) is 41.9 Å². The molecule has 0 unspecified atom stereocenters. The first-order chi connectivity index (χ1) is 10.0. The summed E-state index contributed by atoms with van der Waals surface area (Å²) in [6.07, 6.45) is 2.06. The number of fused-ring (bicyclic) bond motifs is 1. The predicted molar refractivity (Wildman–Crippen MR) is 89.7 cm³/mol. The van der Waals surface area contributed by atoms with Gasteiger partial charge in [-0.1, -0.05) is 18.2 Å². The van der Waals surface area contributed by atoms with Crippen LogP contribution >= 0.6 is 11.3 Å². The third kappa shape index (κ3) is 3.52.